The number of nitrogen functional groups attached to an aromatic ring is 1. The zero-order chi connectivity index (χ0) is 13.4. The number of alkyl halides is 3. The molecule has 0 amide bonds. The van der Waals surface area contributed by atoms with Crippen molar-refractivity contribution in [3.05, 3.63) is 18.0 Å². The molecule has 0 atom stereocenters. The number of nitrogens with one attached hydrogen (secondary N) is 1. The maximum Gasteiger partial charge on any atom is 0.433 e. The second kappa shape index (κ2) is 4.33. The van der Waals surface area contributed by atoms with Crippen molar-refractivity contribution in [3.63, 3.8) is 0 Å². The molecule has 0 unspecified atom stereocenters. The number of nitrogens with two attached hydrogens (primary N) is 1. The highest BCUT2D eigenvalue weighted by atomic mass is 19.4. The molecule has 3 nitrogen and oxygen atoms in total. The molecule has 1 aliphatic carbocycles. The average Bonchev–Trinajstić information content (AvgIpc) is 2.24. The predicted octanol–water partition coefficient (Wildman–Crippen LogP) is 3.43. The van der Waals surface area contributed by atoms with Gasteiger partial charge in [-0.1, -0.05) is 6.92 Å². The summed E-state index contributed by atoms with van der Waals surface area (Å²) in [5, 5.41) is 3.16. The van der Waals surface area contributed by atoms with E-state index in [1.54, 1.807) is 0 Å². The van der Waals surface area contributed by atoms with Crippen LogP contribution < -0.4 is 11.1 Å². The van der Waals surface area contributed by atoms with E-state index in [1.807, 2.05) is 6.92 Å². The Labute approximate surface area is 104 Å². The lowest BCUT2D eigenvalue weighted by atomic mass is 9.74. The number of halogens is 3. The molecule has 0 aromatic carbocycles. The smallest absolute Gasteiger partial charge is 0.396 e. The first kappa shape index (κ1) is 13.0. The molecular formula is C12H16F3N3. The molecule has 0 aliphatic heterocycles. The van der Waals surface area contributed by atoms with E-state index < -0.39 is 11.9 Å². The van der Waals surface area contributed by atoms with E-state index in [9.17, 15) is 13.2 Å². The second-order valence-corrected chi connectivity index (χ2v) is 4.77. The van der Waals surface area contributed by atoms with Crippen LogP contribution in [0.5, 0.6) is 0 Å². The van der Waals surface area contributed by atoms with Crippen LogP contribution in [0.1, 0.15) is 38.3 Å². The maximum atomic E-state index is 12.6. The van der Waals surface area contributed by atoms with E-state index in [0.717, 1.165) is 37.9 Å². The van der Waals surface area contributed by atoms with Gasteiger partial charge < -0.3 is 11.1 Å². The van der Waals surface area contributed by atoms with Crippen molar-refractivity contribution < 1.29 is 13.2 Å². The fourth-order valence-corrected chi connectivity index (χ4v) is 2.19. The summed E-state index contributed by atoms with van der Waals surface area (Å²) in [5.74, 6) is 0. The Morgan fingerprint density at radius 3 is 2.56 bits per heavy atom. The van der Waals surface area contributed by atoms with Gasteiger partial charge in [-0.05, 0) is 31.7 Å². The summed E-state index contributed by atoms with van der Waals surface area (Å²) in [6.07, 6.45) is 0.517. The molecule has 18 heavy (non-hydrogen) atoms. The van der Waals surface area contributed by atoms with Gasteiger partial charge in [-0.3, -0.25) is 0 Å². The van der Waals surface area contributed by atoms with E-state index in [4.69, 9.17) is 5.73 Å². The van der Waals surface area contributed by atoms with Crippen molar-refractivity contribution in [1.82, 2.24) is 4.98 Å². The first-order valence-corrected chi connectivity index (χ1v) is 5.97. The van der Waals surface area contributed by atoms with Crippen LogP contribution in [0.4, 0.5) is 24.5 Å². The van der Waals surface area contributed by atoms with Crippen LogP contribution in [0, 0.1) is 0 Å². The minimum Gasteiger partial charge on any atom is -0.396 e. The topological polar surface area (TPSA) is 50.9 Å². The van der Waals surface area contributed by atoms with E-state index in [2.05, 4.69) is 10.3 Å². The van der Waals surface area contributed by atoms with Crippen molar-refractivity contribution in [3.8, 4) is 0 Å². The minimum atomic E-state index is -4.44. The van der Waals surface area contributed by atoms with Gasteiger partial charge in [0.15, 0.2) is 0 Å². The van der Waals surface area contributed by atoms with Gasteiger partial charge in [-0.2, -0.15) is 13.2 Å². The number of rotatable bonds is 3. The Balaban J connectivity index is 2.27. The molecule has 0 bridgehead atoms. The number of hydrogen-bond donors (Lipinski definition) is 2. The Morgan fingerprint density at radius 2 is 2.11 bits per heavy atom. The van der Waals surface area contributed by atoms with Crippen LogP contribution in [-0.2, 0) is 6.18 Å². The summed E-state index contributed by atoms with van der Waals surface area (Å²) in [6.45, 7) is 2.02. The van der Waals surface area contributed by atoms with Gasteiger partial charge in [0.05, 0.1) is 17.6 Å². The molecule has 0 spiro atoms. The molecule has 0 saturated heterocycles. The summed E-state index contributed by atoms with van der Waals surface area (Å²) < 4.78 is 37.7. The lowest BCUT2D eigenvalue weighted by molar-refractivity contribution is -0.141. The summed E-state index contributed by atoms with van der Waals surface area (Å²) >= 11 is 0. The monoisotopic (exact) mass is 259 g/mol. The van der Waals surface area contributed by atoms with Gasteiger partial charge in [-0.25, -0.2) is 4.98 Å². The molecule has 1 aromatic rings. The Hall–Kier alpha value is -1.46. The van der Waals surface area contributed by atoms with Gasteiger partial charge in [-0.15, -0.1) is 0 Å². The Morgan fingerprint density at radius 1 is 1.44 bits per heavy atom. The fourth-order valence-electron chi connectivity index (χ4n) is 2.19. The van der Waals surface area contributed by atoms with Gasteiger partial charge >= 0.3 is 6.18 Å². The SMILES string of the molecule is CCC1(Nc2cc(C(F)(F)F)ncc2N)CCC1. The van der Waals surface area contributed by atoms with E-state index in [1.165, 1.54) is 0 Å². The van der Waals surface area contributed by atoms with Crippen LogP contribution in [0.2, 0.25) is 0 Å². The molecule has 1 heterocycles. The first-order chi connectivity index (χ1) is 8.36. The van der Waals surface area contributed by atoms with E-state index in [-0.39, 0.29) is 11.2 Å². The highest BCUT2D eigenvalue weighted by Crippen LogP contribution is 2.40. The van der Waals surface area contributed by atoms with E-state index in [0.29, 0.717) is 5.69 Å². The molecular weight excluding hydrogens is 243 g/mol. The van der Waals surface area contributed by atoms with Crippen LogP contribution in [0.25, 0.3) is 0 Å². The Kier molecular flexibility index (Phi) is 3.12. The third-order valence-electron chi connectivity index (χ3n) is 3.61. The molecule has 1 aliphatic rings. The molecule has 1 aromatic heterocycles. The number of hydrogen-bond acceptors (Lipinski definition) is 3. The van der Waals surface area contributed by atoms with Crippen molar-refractivity contribution in [2.24, 2.45) is 0 Å². The third kappa shape index (κ3) is 2.37. The number of anilines is 2. The lowest BCUT2D eigenvalue weighted by Gasteiger charge is -2.43. The maximum absolute atomic E-state index is 12.6. The number of nitrogens with zero attached hydrogens (tertiary/aromatic N) is 1. The highest BCUT2D eigenvalue weighted by molar-refractivity contribution is 5.66. The largest absolute Gasteiger partial charge is 0.433 e. The Bertz CT molecular complexity index is 433. The normalized spacial score (nSPS) is 18.2. The lowest BCUT2D eigenvalue weighted by Crippen LogP contribution is -2.44. The standard InChI is InChI=1S/C12H16F3N3/c1-2-11(4-3-5-11)18-9-6-10(12(13,14)15)17-7-8(9)16/h6-7H,2-5,16H2,1H3,(H,17,18). The summed E-state index contributed by atoms with van der Waals surface area (Å²) in [7, 11) is 0. The van der Waals surface area contributed by atoms with Crippen molar-refractivity contribution in [1.29, 1.82) is 0 Å². The van der Waals surface area contributed by atoms with Crippen molar-refractivity contribution in [2.45, 2.75) is 44.3 Å². The molecule has 6 heteroatoms. The van der Waals surface area contributed by atoms with Gasteiger partial charge in [0, 0.05) is 5.54 Å². The quantitative estimate of drug-likeness (QED) is 0.874. The summed E-state index contributed by atoms with van der Waals surface area (Å²) in [6, 6.07) is 0.991. The molecule has 100 valence electrons. The predicted molar refractivity (Wildman–Crippen MR) is 64.1 cm³/mol. The molecule has 2 rings (SSSR count). The van der Waals surface area contributed by atoms with Gasteiger partial charge in [0.25, 0.3) is 0 Å². The summed E-state index contributed by atoms with van der Waals surface area (Å²) in [4.78, 5) is 3.32. The zero-order valence-corrected chi connectivity index (χ0v) is 10.1. The van der Waals surface area contributed by atoms with E-state index >= 15 is 0 Å². The number of aromatic nitrogens is 1. The van der Waals surface area contributed by atoms with Crippen molar-refractivity contribution in [2.75, 3.05) is 11.1 Å². The second-order valence-electron chi connectivity index (χ2n) is 4.77. The first-order valence-electron chi connectivity index (χ1n) is 5.97. The minimum absolute atomic E-state index is 0.0989. The molecule has 3 N–H and O–H groups in total. The van der Waals surface area contributed by atoms with Gasteiger partial charge in [0.2, 0.25) is 0 Å². The fraction of sp³-hybridized carbons (Fsp3) is 0.583. The molecule has 1 fully saturated rings. The molecule has 0 radical (unpaired) electrons. The molecule has 1 saturated carbocycles. The van der Waals surface area contributed by atoms with Crippen LogP contribution in [0.15, 0.2) is 12.3 Å². The zero-order valence-electron chi connectivity index (χ0n) is 10.1. The van der Waals surface area contributed by atoms with Crippen molar-refractivity contribution >= 4 is 11.4 Å². The summed E-state index contributed by atoms with van der Waals surface area (Å²) in [5.41, 5.74) is 5.25. The van der Waals surface area contributed by atoms with Gasteiger partial charge in [0.1, 0.15) is 5.69 Å². The number of pyridine rings is 1. The third-order valence-corrected chi connectivity index (χ3v) is 3.61. The highest BCUT2D eigenvalue weighted by Gasteiger charge is 2.37. The van der Waals surface area contributed by atoms with Crippen LogP contribution in [-0.4, -0.2) is 10.5 Å². The average molecular weight is 259 g/mol. The van der Waals surface area contributed by atoms with Crippen LogP contribution in [0.3, 0.4) is 0 Å². The van der Waals surface area contributed by atoms with Crippen LogP contribution >= 0.6 is 0 Å².